The molecule has 3 rings (SSSR count). The van der Waals surface area contributed by atoms with Gasteiger partial charge in [-0.05, 0) is 46.3 Å². The molecule has 1 saturated carbocycles. The van der Waals surface area contributed by atoms with E-state index in [0.717, 1.165) is 32.8 Å². The molecule has 0 amide bonds. The summed E-state index contributed by atoms with van der Waals surface area (Å²) in [6.45, 7) is 7.54. The topological polar surface area (TPSA) is 36.5 Å². The SMILES string of the molecule is CCN(CCNC)CC12CCC(NC)(CC1)CO2. The zero-order valence-corrected chi connectivity index (χ0v) is 12.2. The van der Waals surface area contributed by atoms with Crippen molar-refractivity contribution in [1.29, 1.82) is 0 Å². The van der Waals surface area contributed by atoms with Crippen LogP contribution in [-0.4, -0.2) is 62.9 Å². The largest absolute Gasteiger partial charge is 0.372 e. The number of likely N-dealkylation sites (N-methyl/N-ethyl adjacent to an activating group) is 3. The normalized spacial score (nSPS) is 35.3. The Bertz CT molecular complexity index is 245. The van der Waals surface area contributed by atoms with Crippen LogP contribution in [-0.2, 0) is 4.74 Å². The zero-order chi connectivity index (χ0) is 13.1. The summed E-state index contributed by atoms with van der Waals surface area (Å²) >= 11 is 0. The van der Waals surface area contributed by atoms with Gasteiger partial charge in [0.1, 0.15) is 0 Å². The second kappa shape index (κ2) is 5.87. The van der Waals surface area contributed by atoms with Crippen LogP contribution in [0.3, 0.4) is 0 Å². The summed E-state index contributed by atoms with van der Waals surface area (Å²) in [5, 5.41) is 6.71. The van der Waals surface area contributed by atoms with E-state index < -0.39 is 0 Å². The van der Waals surface area contributed by atoms with E-state index in [4.69, 9.17) is 4.74 Å². The Morgan fingerprint density at radius 3 is 2.33 bits per heavy atom. The Hall–Kier alpha value is -0.160. The Morgan fingerprint density at radius 2 is 1.89 bits per heavy atom. The lowest BCUT2D eigenvalue weighted by atomic mass is 9.71. The lowest BCUT2D eigenvalue weighted by molar-refractivity contribution is -0.169. The van der Waals surface area contributed by atoms with Crippen molar-refractivity contribution < 1.29 is 4.74 Å². The third-order valence-electron chi connectivity index (χ3n) is 4.94. The van der Waals surface area contributed by atoms with Crippen molar-refractivity contribution in [3.05, 3.63) is 0 Å². The van der Waals surface area contributed by atoms with Gasteiger partial charge < -0.3 is 15.4 Å². The molecule has 2 heterocycles. The van der Waals surface area contributed by atoms with E-state index >= 15 is 0 Å². The molecular weight excluding hydrogens is 226 g/mol. The molecule has 2 aliphatic heterocycles. The van der Waals surface area contributed by atoms with Crippen molar-refractivity contribution in [2.24, 2.45) is 0 Å². The molecule has 1 aliphatic carbocycles. The van der Waals surface area contributed by atoms with Crippen LogP contribution in [0, 0.1) is 0 Å². The quantitative estimate of drug-likeness (QED) is 0.706. The van der Waals surface area contributed by atoms with Gasteiger partial charge in [0.2, 0.25) is 0 Å². The van der Waals surface area contributed by atoms with Gasteiger partial charge in [-0.25, -0.2) is 0 Å². The van der Waals surface area contributed by atoms with Crippen LogP contribution in [0.5, 0.6) is 0 Å². The average Bonchev–Trinajstić information content (AvgIpc) is 2.45. The Kier molecular flexibility index (Phi) is 4.64. The number of nitrogens with one attached hydrogen (secondary N) is 2. The standard InChI is InChI=1S/C14H29N3O/c1-4-17(10-9-15-2)11-14-7-5-13(16-3,6-8-14)12-18-14/h15-16H,4-12H2,1-3H3. The minimum atomic E-state index is 0.141. The molecule has 18 heavy (non-hydrogen) atoms. The van der Waals surface area contributed by atoms with Gasteiger partial charge in [-0.1, -0.05) is 6.92 Å². The zero-order valence-electron chi connectivity index (χ0n) is 12.2. The van der Waals surface area contributed by atoms with Crippen LogP contribution >= 0.6 is 0 Å². The molecule has 2 N–H and O–H groups in total. The minimum Gasteiger partial charge on any atom is -0.372 e. The molecule has 3 fully saturated rings. The van der Waals surface area contributed by atoms with E-state index in [-0.39, 0.29) is 11.1 Å². The molecule has 0 aromatic carbocycles. The third kappa shape index (κ3) is 2.87. The van der Waals surface area contributed by atoms with Gasteiger partial charge >= 0.3 is 0 Å². The number of hydrogen-bond donors (Lipinski definition) is 2. The maximum Gasteiger partial charge on any atom is 0.0811 e. The van der Waals surface area contributed by atoms with Crippen LogP contribution in [0.2, 0.25) is 0 Å². The highest BCUT2D eigenvalue weighted by molar-refractivity contribution is 5.04. The highest BCUT2D eigenvalue weighted by Gasteiger charge is 2.49. The van der Waals surface area contributed by atoms with Crippen molar-refractivity contribution in [3.8, 4) is 0 Å². The first-order chi connectivity index (χ1) is 8.67. The number of nitrogens with zero attached hydrogens (tertiary/aromatic N) is 1. The van der Waals surface area contributed by atoms with Gasteiger partial charge in [0.25, 0.3) is 0 Å². The fraction of sp³-hybridized carbons (Fsp3) is 1.00. The predicted molar refractivity (Wildman–Crippen MR) is 75.0 cm³/mol. The molecule has 3 aliphatic rings. The van der Waals surface area contributed by atoms with Crippen molar-refractivity contribution in [1.82, 2.24) is 15.5 Å². The maximum atomic E-state index is 6.25. The first-order valence-corrected chi connectivity index (χ1v) is 7.37. The summed E-state index contributed by atoms with van der Waals surface area (Å²) in [6, 6.07) is 0. The second-order valence-corrected chi connectivity index (χ2v) is 5.97. The smallest absolute Gasteiger partial charge is 0.0811 e. The van der Waals surface area contributed by atoms with Gasteiger partial charge in [-0.2, -0.15) is 0 Å². The maximum absolute atomic E-state index is 6.25. The average molecular weight is 255 g/mol. The number of fused-ring (bicyclic) bond motifs is 3. The lowest BCUT2D eigenvalue weighted by Crippen LogP contribution is -2.63. The fourth-order valence-corrected chi connectivity index (χ4v) is 3.32. The fourth-order valence-electron chi connectivity index (χ4n) is 3.32. The summed E-state index contributed by atoms with van der Waals surface area (Å²) in [7, 11) is 4.10. The van der Waals surface area contributed by atoms with E-state index in [1.54, 1.807) is 0 Å². The highest BCUT2D eigenvalue weighted by atomic mass is 16.5. The van der Waals surface area contributed by atoms with E-state index in [2.05, 4.69) is 29.5 Å². The van der Waals surface area contributed by atoms with Gasteiger partial charge in [0.05, 0.1) is 12.2 Å². The molecule has 2 bridgehead atoms. The molecule has 0 aromatic heterocycles. The number of ether oxygens (including phenoxy) is 1. The minimum absolute atomic E-state index is 0.141. The summed E-state index contributed by atoms with van der Waals surface area (Å²) in [5.41, 5.74) is 0.423. The Balaban J connectivity index is 1.89. The van der Waals surface area contributed by atoms with E-state index in [1.807, 2.05) is 7.05 Å². The van der Waals surface area contributed by atoms with Crippen LogP contribution < -0.4 is 10.6 Å². The van der Waals surface area contributed by atoms with Gasteiger partial charge in [0, 0.05) is 25.2 Å². The van der Waals surface area contributed by atoms with E-state index in [9.17, 15) is 0 Å². The molecule has 0 radical (unpaired) electrons. The Morgan fingerprint density at radius 1 is 1.17 bits per heavy atom. The summed E-state index contributed by atoms with van der Waals surface area (Å²) < 4.78 is 6.25. The summed E-state index contributed by atoms with van der Waals surface area (Å²) in [5.74, 6) is 0. The van der Waals surface area contributed by atoms with Crippen molar-refractivity contribution in [2.45, 2.75) is 43.7 Å². The van der Waals surface area contributed by atoms with Crippen LogP contribution in [0.15, 0.2) is 0 Å². The monoisotopic (exact) mass is 255 g/mol. The molecule has 106 valence electrons. The molecule has 0 spiro atoms. The van der Waals surface area contributed by atoms with Gasteiger partial charge in [-0.15, -0.1) is 0 Å². The van der Waals surface area contributed by atoms with Gasteiger partial charge in [0.15, 0.2) is 0 Å². The molecule has 4 heteroatoms. The first-order valence-electron chi connectivity index (χ1n) is 7.37. The molecule has 0 aromatic rings. The predicted octanol–water partition coefficient (Wildman–Crippen LogP) is 0.829. The second-order valence-electron chi connectivity index (χ2n) is 5.97. The van der Waals surface area contributed by atoms with Gasteiger partial charge in [-0.3, -0.25) is 4.90 Å². The first kappa shape index (κ1) is 14.3. The molecule has 0 atom stereocenters. The van der Waals surface area contributed by atoms with Crippen molar-refractivity contribution in [3.63, 3.8) is 0 Å². The number of hydrogen-bond acceptors (Lipinski definition) is 4. The van der Waals surface area contributed by atoms with Crippen LogP contribution in [0.4, 0.5) is 0 Å². The highest BCUT2D eigenvalue weighted by Crippen LogP contribution is 2.43. The molecule has 2 saturated heterocycles. The van der Waals surface area contributed by atoms with Crippen LogP contribution in [0.1, 0.15) is 32.6 Å². The van der Waals surface area contributed by atoms with Crippen LogP contribution in [0.25, 0.3) is 0 Å². The molecule has 4 nitrogen and oxygen atoms in total. The number of rotatable bonds is 7. The summed E-state index contributed by atoms with van der Waals surface area (Å²) in [6.07, 6.45) is 4.97. The van der Waals surface area contributed by atoms with E-state index in [1.165, 1.54) is 25.7 Å². The van der Waals surface area contributed by atoms with E-state index in [0.29, 0.717) is 0 Å². The van der Waals surface area contributed by atoms with Crippen molar-refractivity contribution >= 4 is 0 Å². The lowest BCUT2D eigenvalue weighted by Gasteiger charge is -2.54. The third-order valence-corrected chi connectivity index (χ3v) is 4.94. The van der Waals surface area contributed by atoms with Crippen molar-refractivity contribution in [2.75, 3.05) is 46.9 Å². The molecule has 0 unspecified atom stereocenters. The summed E-state index contributed by atoms with van der Waals surface area (Å²) in [4.78, 5) is 2.52. The molecular formula is C14H29N3O. The Labute approximate surface area is 111 Å².